The van der Waals surface area contributed by atoms with Gasteiger partial charge in [-0.05, 0) is 45.1 Å². The van der Waals surface area contributed by atoms with Gasteiger partial charge in [-0.2, -0.15) is 5.10 Å². The summed E-state index contributed by atoms with van der Waals surface area (Å²) in [4.78, 5) is 13.0. The monoisotopic (exact) mass is 338 g/mol. The minimum absolute atomic E-state index is 0. The van der Waals surface area contributed by atoms with Crippen LogP contribution in [-0.4, -0.2) is 28.8 Å². The SMILES string of the molecule is CCn1nc(NC(=O)[C@@]23CCCC[C@H]2CNC3)cc1C1CC1.Cl. The molecule has 4 rings (SSSR count). The maximum absolute atomic E-state index is 13.0. The molecule has 6 heteroatoms. The van der Waals surface area contributed by atoms with E-state index in [1.807, 2.05) is 0 Å². The Labute approximate surface area is 144 Å². The molecule has 2 aliphatic carbocycles. The molecule has 2 heterocycles. The van der Waals surface area contributed by atoms with E-state index in [0.717, 1.165) is 31.9 Å². The molecule has 1 aliphatic heterocycles. The lowest BCUT2D eigenvalue weighted by molar-refractivity contribution is -0.128. The van der Waals surface area contributed by atoms with Crippen LogP contribution in [0.4, 0.5) is 5.82 Å². The standard InChI is InChI=1S/C17H26N4O.ClH/c1-2-21-14(12-6-7-12)9-15(20-21)19-16(22)17-8-4-3-5-13(17)10-18-11-17;/h9,12-13,18H,2-8,10-11H2,1H3,(H,19,20,22);1H/t13-,17+;/m0./s1. The fourth-order valence-corrected chi connectivity index (χ4v) is 4.38. The van der Waals surface area contributed by atoms with Gasteiger partial charge in [0.25, 0.3) is 0 Å². The number of aromatic nitrogens is 2. The number of amides is 1. The summed E-state index contributed by atoms with van der Waals surface area (Å²) in [7, 11) is 0. The number of nitrogens with zero attached hydrogens (tertiary/aromatic N) is 2. The van der Waals surface area contributed by atoms with Crippen LogP contribution < -0.4 is 10.6 Å². The second-order valence-corrected chi connectivity index (χ2v) is 7.23. The third-order valence-electron chi connectivity index (χ3n) is 5.84. The van der Waals surface area contributed by atoms with E-state index in [1.165, 1.54) is 37.8 Å². The summed E-state index contributed by atoms with van der Waals surface area (Å²) in [6, 6.07) is 2.09. The topological polar surface area (TPSA) is 59.0 Å². The summed E-state index contributed by atoms with van der Waals surface area (Å²) < 4.78 is 2.05. The van der Waals surface area contributed by atoms with Crippen molar-refractivity contribution in [3.63, 3.8) is 0 Å². The van der Waals surface area contributed by atoms with Crippen LogP contribution in [0.2, 0.25) is 0 Å². The van der Waals surface area contributed by atoms with Crippen molar-refractivity contribution < 1.29 is 4.79 Å². The first kappa shape index (κ1) is 16.8. The number of anilines is 1. The van der Waals surface area contributed by atoms with E-state index in [0.29, 0.717) is 11.8 Å². The van der Waals surface area contributed by atoms with Crippen molar-refractivity contribution in [2.45, 2.75) is 57.9 Å². The number of fused-ring (bicyclic) bond motifs is 1. The molecule has 23 heavy (non-hydrogen) atoms. The zero-order valence-corrected chi connectivity index (χ0v) is 14.6. The minimum Gasteiger partial charge on any atom is -0.315 e. The zero-order valence-electron chi connectivity index (χ0n) is 13.8. The third-order valence-corrected chi connectivity index (χ3v) is 5.84. The van der Waals surface area contributed by atoms with Crippen molar-refractivity contribution in [1.82, 2.24) is 15.1 Å². The molecule has 1 aromatic heterocycles. The highest BCUT2D eigenvalue weighted by atomic mass is 35.5. The third kappa shape index (κ3) is 2.89. The van der Waals surface area contributed by atoms with Crippen LogP contribution in [0.15, 0.2) is 6.07 Å². The van der Waals surface area contributed by atoms with Crippen molar-refractivity contribution in [2.75, 3.05) is 18.4 Å². The minimum atomic E-state index is -0.200. The predicted octanol–water partition coefficient (Wildman–Crippen LogP) is 2.92. The van der Waals surface area contributed by atoms with Gasteiger partial charge in [0.15, 0.2) is 5.82 Å². The molecular weight excluding hydrogens is 312 g/mol. The second kappa shape index (κ2) is 6.44. The lowest BCUT2D eigenvalue weighted by atomic mass is 9.67. The molecule has 0 aromatic carbocycles. The summed E-state index contributed by atoms with van der Waals surface area (Å²) in [6.45, 7) is 4.80. The van der Waals surface area contributed by atoms with Gasteiger partial charge in [0.05, 0.1) is 5.41 Å². The average Bonchev–Trinajstić information content (AvgIpc) is 3.14. The Morgan fingerprint density at radius 3 is 3.00 bits per heavy atom. The van der Waals surface area contributed by atoms with Crippen LogP contribution in [0, 0.1) is 11.3 Å². The normalized spacial score (nSPS) is 29.7. The number of nitrogens with one attached hydrogen (secondary N) is 2. The molecule has 128 valence electrons. The van der Waals surface area contributed by atoms with E-state index < -0.39 is 0 Å². The van der Waals surface area contributed by atoms with Crippen molar-refractivity contribution in [3.8, 4) is 0 Å². The first-order valence-corrected chi connectivity index (χ1v) is 8.83. The Morgan fingerprint density at radius 1 is 1.43 bits per heavy atom. The smallest absolute Gasteiger partial charge is 0.233 e. The summed E-state index contributed by atoms with van der Waals surface area (Å²) in [5.74, 6) is 2.09. The number of rotatable bonds is 4. The number of carbonyl (C=O) groups excluding carboxylic acids is 1. The Balaban J connectivity index is 0.00000156. The van der Waals surface area contributed by atoms with Gasteiger partial charge in [-0.15, -0.1) is 12.4 Å². The van der Waals surface area contributed by atoms with Gasteiger partial charge in [0.1, 0.15) is 0 Å². The highest BCUT2D eigenvalue weighted by Crippen LogP contribution is 2.45. The van der Waals surface area contributed by atoms with Gasteiger partial charge in [-0.25, -0.2) is 0 Å². The summed E-state index contributed by atoms with van der Waals surface area (Å²) in [5.41, 5.74) is 1.09. The molecule has 2 atom stereocenters. The van der Waals surface area contributed by atoms with E-state index in [9.17, 15) is 4.79 Å². The Kier molecular flexibility index (Phi) is 4.70. The van der Waals surface area contributed by atoms with Gasteiger partial charge in [-0.1, -0.05) is 12.8 Å². The molecule has 2 saturated carbocycles. The van der Waals surface area contributed by atoms with Crippen LogP contribution in [0.5, 0.6) is 0 Å². The quantitative estimate of drug-likeness (QED) is 0.887. The first-order chi connectivity index (χ1) is 10.7. The highest BCUT2D eigenvalue weighted by Gasteiger charge is 2.50. The van der Waals surface area contributed by atoms with Crippen LogP contribution in [0.25, 0.3) is 0 Å². The van der Waals surface area contributed by atoms with E-state index in [4.69, 9.17) is 0 Å². The van der Waals surface area contributed by atoms with Gasteiger partial charge in [0, 0.05) is 30.8 Å². The molecule has 0 spiro atoms. The number of hydrogen-bond donors (Lipinski definition) is 2. The van der Waals surface area contributed by atoms with Crippen molar-refractivity contribution in [2.24, 2.45) is 11.3 Å². The fraction of sp³-hybridized carbons (Fsp3) is 0.765. The molecule has 0 unspecified atom stereocenters. The summed E-state index contributed by atoms with van der Waals surface area (Å²) in [6.07, 6.45) is 7.14. The van der Waals surface area contributed by atoms with E-state index in [1.54, 1.807) is 0 Å². The lowest BCUT2D eigenvalue weighted by Crippen LogP contribution is -2.44. The summed E-state index contributed by atoms with van der Waals surface area (Å²) in [5, 5.41) is 11.2. The molecule has 5 nitrogen and oxygen atoms in total. The zero-order chi connectivity index (χ0) is 15.2. The van der Waals surface area contributed by atoms with Gasteiger partial charge in [0.2, 0.25) is 5.91 Å². The van der Waals surface area contributed by atoms with Crippen molar-refractivity contribution >= 4 is 24.1 Å². The number of hydrogen-bond acceptors (Lipinski definition) is 3. The Hall–Kier alpha value is -1.07. The van der Waals surface area contributed by atoms with Crippen molar-refractivity contribution in [3.05, 3.63) is 11.8 Å². The molecule has 1 saturated heterocycles. The van der Waals surface area contributed by atoms with Gasteiger partial charge >= 0.3 is 0 Å². The Morgan fingerprint density at radius 2 is 2.26 bits per heavy atom. The number of aryl methyl sites for hydroxylation is 1. The summed E-state index contributed by atoms with van der Waals surface area (Å²) >= 11 is 0. The first-order valence-electron chi connectivity index (χ1n) is 8.83. The maximum atomic E-state index is 13.0. The molecule has 1 amide bonds. The van der Waals surface area contributed by atoms with E-state index in [2.05, 4.69) is 33.4 Å². The number of carbonyl (C=O) groups is 1. The maximum Gasteiger partial charge on any atom is 0.233 e. The predicted molar refractivity (Wildman–Crippen MR) is 93.0 cm³/mol. The van der Waals surface area contributed by atoms with Gasteiger partial charge in [-0.3, -0.25) is 9.48 Å². The van der Waals surface area contributed by atoms with Crippen LogP contribution in [0.1, 0.15) is 57.1 Å². The fourth-order valence-electron chi connectivity index (χ4n) is 4.38. The lowest BCUT2D eigenvalue weighted by Gasteiger charge is -2.36. The van der Waals surface area contributed by atoms with Crippen LogP contribution in [-0.2, 0) is 11.3 Å². The molecule has 0 radical (unpaired) electrons. The molecule has 0 bridgehead atoms. The second-order valence-electron chi connectivity index (χ2n) is 7.23. The van der Waals surface area contributed by atoms with Crippen LogP contribution in [0.3, 0.4) is 0 Å². The van der Waals surface area contributed by atoms with Crippen molar-refractivity contribution in [1.29, 1.82) is 0 Å². The van der Waals surface area contributed by atoms with Crippen LogP contribution >= 0.6 is 12.4 Å². The highest BCUT2D eigenvalue weighted by molar-refractivity contribution is 5.95. The molecule has 2 N–H and O–H groups in total. The van der Waals surface area contributed by atoms with E-state index in [-0.39, 0.29) is 23.7 Å². The molecule has 1 aromatic rings. The number of halogens is 1. The molecule has 3 aliphatic rings. The average molecular weight is 339 g/mol. The largest absolute Gasteiger partial charge is 0.315 e. The van der Waals surface area contributed by atoms with Gasteiger partial charge < -0.3 is 10.6 Å². The molecule has 3 fully saturated rings. The molecular formula is C17H27ClN4O. The Bertz CT molecular complexity index is 583. The van der Waals surface area contributed by atoms with E-state index >= 15 is 0 Å².